The summed E-state index contributed by atoms with van der Waals surface area (Å²) in [5.74, 6) is 2.69. The molecule has 4 aromatic rings. The van der Waals surface area contributed by atoms with E-state index in [2.05, 4.69) is 42.8 Å². The fourth-order valence-corrected chi connectivity index (χ4v) is 7.41. The molecule has 1 N–H and O–H groups in total. The maximum Gasteiger partial charge on any atom is 0.255 e. The number of hydrogen-bond acceptors (Lipinski definition) is 9. The molecule has 0 bridgehead atoms. The van der Waals surface area contributed by atoms with Crippen molar-refractivity contribution in [2.75, 3.05) is 27.2 Å². The number of hydrogen-bond donors (Lipinski definition) is 1. The number of nitrogens with zero attached hydrogens (tertiary/aromatic N) is 6. The predicted octanol–water partition coefficient (Wildman–Crippen LogP) is 4.61. The molecular weight excluding hydrogens is 657 g/mol. The lowest BCUT2D eigenvalue weighted by atomic mass is 9.72. The molecule has 7 rings (SSSR count). The molecule has 5 heterocycles. The highest BCUT2D eigenvalue weighted by molar-refractivity contribution is 6.34. The fraction of sp³-hybridized carbons (Fsp3) is 0.410. The van der Waals surface area contributed by atoms with Gasteiger partial charge in [0.2, 0.25) is 19.2 Å². The molecule has 3 amide bonds. The summed E-state index contributed by atoms with van der Waals surface area (Å²) in [4.78, 5) is 52.7. The van der Waals surface area contributed by atoms with Crippen molar-refractivity contribution in [3.63, 3.8) is 0 Å². The molecule has 0 saturated carbocycles. The van der Waals surface area contributed by atoms with Crippen LogP contribution in [0, 0.1) is 6.92 Å². The van der Waals surface area contributed by atoms with Crippen molar-refractivity contribution >= 4 is 25.1 Å². The highest BCUT2D eigenvalue weighted by atomic mass is 16.5. The average molecular weight is 704 g/mol. The maximum atomic E-state index is 13.1. The number of pyridine rings is 1. The van der Waals surface area contributed by atoms with Gasteiger partial charge in [-0.1, -0.05) is 12.8 Å². The van der Waals surface area contributed by atoms with Gasteiger partial charge in [0.05, 0.1) is 30.7 Å². The van der Waals surface area contributed by atoms with Gasteiger partial charge in [0.1, 0.15) is 29.1 Å². The van der Waals surface area contributed by atoms with Crippen molar-refractivity contribution < 1.29 is 23.9 Å². The van der Waals surface area contributed by atoms with Crippen LogP contribution in [0.5, 0.6) is 17.2 Å². The number of amides is 3. The Morgan fingerprint density at radius 2 is 1.79 bits per heavy atom. The number of imidazole rings is 1. The molecule has 3 aliphatic rings. The van der Waals surface area contributed by atoms with Crippen LogP contribution in [0.2, 0.25) is 5.82 Å². The molecule has 2 unspecified atom stereocenters. The Morgan fingerprint density at radius 3 is 2.58 bits per heavy atom. The Bertz CT molecular complexity index is 1960. The number of carbonyl (C=O) groups is 3. The van der Waals surface area contributed by atoms with Crippen LogP contribution in [0.15, 0.2) is 60.9 Å². The van der Waals surface area contributed by atoms with Gasteiger partial charge in [-0.3, -0.25) is 24.7 Å². The third-order valence-electron chi connectivity index (χ3n) is 10.2. The second-order valence-electron chi connectivity index (χ2n) is 14.6. The molecule has 2 aromatic carbocycles. The topological polar surface area (TPSA) is 122 Å². The Morgan fingerprint density at radius 1 is 0.981 bits per heavy atom. The third-order valence-corrected chi connectivity index (χ3v) is 10.2. The molecule has 2 fully saturated rings. The van der Waals surface area contributed by atoms with Crippen molar-refractivity contribution in [3.8, 4) is 28.5 Å². The largest absolute Gasteiger partial charge is 0.494 e. The van der Waals surface area contributed by atoms with E-state index in [1.54, 1.807) is 11.0 Å². The lowest BCUT2D eigenvalue weighted by Gasteiger charge is -2.29. The van der Waals surface area contributed by atoms with E-state index < -0.39 is 11.9 Å². The first-order valence-electron chi connectivity index (χ1n) is 18.1. The number of nitrogens with one attached hydrogen (secondary N) is 1. The summed E-state index contributed by atoms with van der Waals surface area (Å²) in [6.45, 7) is 5.33. The fourth-order valence-electron chi connectivity index (χ4n) is 7.41. The lowest BCUT2D eigenvalue weighted by molar-refractivity contribution is -0.136. The minimum absolute atomic E-state index is 0.181. The van der Waals surface area contributed by atoms with E-state index in [9.17, 15) is 14.4 Å². The summed E-state index contributed by atoms with van der Waals surface area (Å²) in [7, 11) is 7.00. The van der Waals surface area contributed by atoms with Crippen LogP contribution in [-0.4, -0.2) is 87.6 Å². The van der Waals surface area contributed by atoms with Gasteiger partial charge in [-0.05, 0) is 106 Å². The van der Waals surface area contributed by atoms with Crippen molar-refractivity contribution in [2.45, 2.75) is 70.5 Å². The van der Waals surface area contributed by atoms with Crippen LogP contribution in [0.25, 0.3) is 11.3 Å². The summed E-state index contributed by atoms with van der Waals surface area (Å²) in [6.07, 6.45) is 7.68. The zero-order valence-electron chi connectivity index (χ0n) is 30.4. The number of aryl methyl sites for hydroxylation is 1. The molecule has 2 aromatic heterocycles. The highest BCUT2D eigenvalue weighted by Gasteiger charge is 2.39. The summed E-state index contributed by atoms with van der Waals surface area (Å²) in [5, 5.41) is 2.36. The Balaban J connectivity index is 0.971. The first-order chi connectivity index (χ1) is 25.1. The first kappa shape index (κ1) is 35.4. The van der Waals surface area contributed by atoms with Crippen molar-refractivity contribution in [3.05, 3.63) is 89.1 Å². The van der Waals surface area contributed by atoms with E-state index >= 15 is 0 Å². The monoisotopic (exact) mass is 703 g/mol. The second-order valence-corrected chi connectivity index (χ2v) is 14.6. The molecule has 13 heteroatoms. The Labute approximate surface area is 305 Å². The Kier molecular flexibility index (Phi) is 10.4. The van der Waals surface area contributed by atoms with Gasteiger partial charge in [0.15, 0.2) is 0 Å². The molecular formula is C39H46BN7O5. The van der Waals surface area contributed by atoms with Crippen molar-refractivity contribution in [1.29, 1.82) is 0 Å². The van der Waals surface area contributed by atoms with Crippen LogP contribution >= 0.6 is 0 Å². The number of carbonyl (C=O) groups excluding carboxylic acids is 3. The minimum atomic E-state index is -0.632. The summed E-state index contributed by atoms with van der Waals surface area (Å²) in [5.41, 5.74) is 5.50. The second kappa shape index (κ2) is 15.3. The molecule has 3 aliphatic heterocycles. The maximum absolute atomic E-state index is 13.1. The third kappa shape index (κ3) is 7.90. The first-order valence-corrected chi connectivity index (χ1v) is 18.1. The molecule has 0 radical (unpaired) electrons. The number of fused-ring (bicyclic) bond motifs is 1. The Hall–Kier alpha value is -5.01. The van der Waals surface area contributed by atoms with Crippen LogP contribution in [0.1, 0.15) is 65.1 Å². The van der Waals surface area contributed by atoms with Gasteiger partial charge < -0.3 is 28.7 Å². The molecule has 12 nitrogen and oxygen atoms in total. The molecule has 0 aliphatic carbocycles. The molecule has 270 valence electrons. The SMILES string of the molecule is Cc1cnc(CN2BC(COc3ccc4c(c3)CN(C3CCC(=O)NC3=O)C4=O)CCCC2)c(Oc2ccc(-c3cnc(CN(C)C)n3C)cc2)c1. The van der Waals surface area contributed by atoms with E-state index in [1.165, 1.54) is 0 Å². The summed E-state index contributed by atoms with van der Waals surface area (Å²) < 4.78 is 14.9. The van der Waals surface area contributed by atoms with Crippen LogP contribution < -0.4 is 14.8 Å². The summed E-state index contributed by atoms with van der Waals surface area (Å²) >= 11 is 0. The van der Waals surface area contributed by atoms with Gasteiger partial charge in [0.25, 0.3) is 5.91 Å². The zero-order chi connectivity index (χ0) is 36.4. The van der Waals surface area contributed by atoms with Gasteiger partial charge in [-0.15, -0.1) is 0 Å². The zero-order valence-corrected chi connectivity index (χ0v) is 30.4. The smallest absolute Gasteiger partial charge is 0.255 e. The van der Waals surface area contributed by atoms with Crippen molar-refractivity contribution in [1.82, 2.24) is 34.5 Å². The van der Waals surface area contributed by atoms with Crippen LogP contribution in [0.3, 0.4) is 0 Å². The van der Waals surface area contributed by atoms with E-state index in [0.29, 0.717) is 43.2 Å². The van der Waals surface area contributed by atoms with Crippen LogP contribution in [-0.2, 0) is 36.3 Å². The van der Waals surface area contributed by atoms with Crippen molar-refractivity contribution in [2.24, 2.45) is 7.05 Å². The summed E-state index contributed by atoms with van der Waals surface area (Å²) in [6, 6.07) is 15.1. The number of piperidine rings is 1. The van der Waals surface area contributed by atoms with Gasteiger partial charge in [0, 0.05) is 43.9 Å². The normalized spacial score (nSPS) is 19.3. The quantitative estimate of drug-likeness (QED) is 0.176. The average Bonchev–Trinajstić information content (AvgIpc) is 3.53. The number of imide groups is 1. The molecule has 2 saturated heterocycles. The lowest BCUT2D eigenvalue weighted by Crippen LogP contribution is -2.52. The number of rotatable bonds is 11. The van der Waals surface area contributed by atoms with Gasteiger partial charge in [-0.25, -0.2) is 4.98 Å². The van der Waals surface area contributed by atoms with E-state index in [1.807, 2.05) is 64.7 Å². The standard InChI is InChI=1S/C39H46BN7O5/c1-25-17-35(52-29-10-8-26(9-11-29)34-20-42-36(45(34)4)23-44(2)3)32(41-19-25)22-46-16-6-5-7-28(40-46)24-51-30-12-13-31-27(18-30)21-47(39(31)50)33-14-15-37(48)43-38(33)49/h8-13,17-20,28,33,40H,5-7,14-16,21-24H2,1-4H3,(H,43,48,49). The van der Waals surface area contributed by atoms with E-state index in [4.69, 9.17) is 14.5 Å². The molecule has 0 spiro atoms. The predicted molar refractivity (Wildman–Crippen MR) is 198 cm³/mol. The van der Waals surface area contributed by atoms with Crippen LogP contribution in [0.4, 0.5) is 0 Å². The highest BCUT2D eigenvalue weighted by Crippen LogP contribution is 2.33. The number of aromatic nitrogens is 3. The number of ether oxygens (including phenoxy) is 2. The van der Waals surface area contributed by atoms with E-state index in [-0.39, 0.29) is 18.2 Å². The minimum Gasteiger partial charge on any atom is -0.494 e. The van der Waals surface area contributed by atoms with Gasteiger partial charge in [-0.2, -0.15) is 0 Å². The van der Waals surface area contributed by atoms with Gasteiger partial charge >= 0.3 is 0 Å². The molecule has 52 heavy (non-hydrogen) atoms. The number of benzene rings is 2. The van der Waals surface area contributed by atoms with E-state index in [0.717, 1.165) is 85.2 Å². The molecule has 2 atom stereocenters.